The van der Waals surface area contributed by atoms with Crippen LogP contribution in [0.1, 0.15) is 110 Å². The van der Waals surface area contributed by atoms with Crippen LogP contribution in [0, 0.1) is 40.4 Å². The lowest BCUT2D eigenvalue weighted by molar-refractivity contribution is -0.157. The number of urea groups is 1. The van der Waals surface area contributed by atoms with Crippen LogP contribution < -0.4 is 5.32 Å². The molecule has 44 heavy (non-hydrogen) atoms. The van der Waals surface area contributed by atoms with Gasteiger partial charge in [-0.3, -0.25) is 9.69 Å². The van der Waals surface area contributed by atoms with Gasteiger partial charge < -0.3 is 25.3 Å². The minimum atomic E-state index is -0.335. The quantitative estimate of drug-likeness (QED) is 0.431. The largest absolute Gasteiger partial charge is 0.393 e. The van der Waals surface area contributed by atoms with Crippen molar-refractivity contribution in [2.24, 2.45) is 40.4 Å². The van der Waals surface area contributed by atoms with Crippen molar-refractivity contribution in [1.29, 1.82) is 0 Å². The molecule has 1 unspecified atom stereocenters. The third-order valence-electron chi connectivity index (χ3n) is 14.8. The Morgan fingerprint density at radius 2 is 1.55 bits per heavy atom. The molecule has 3 amide bonds. The Bertz CT molecular complexity index is 1060. The van der Waals surface area contributed by atoms with Gasteiger partial charge in [-0.05, 0) is 117 Å². The van der Waals surface area contributed by atoms with E-state index >= 15 is 0 Å². The van der Waals surface area contributed by atoms with Gasteiger partial charge >= 0.3 is 6.03 Å². The number of fused-ring (bicyclic) bond motifs is 5. The van der Waals surface area contributed by atoms with Gasteiger partial charge in [0.15, 0.2) is 0 Å². The SMILES string of the molecule is C[C@]12C[C@H](N3CCN(C(=O)C4CCCN4C(=O)NCC4CCCCC4)CC3)[C@@H](O)C[C@@H]1CC[C@@H]1[C@@H]2CC[C@]2(C)[C@@H](O)CC[C@@H]12. The summed E-state index contributed by atoms with van der Waals surface area (Å²) in [5.74, 6) is 3.35. The molecule has 5 aliphatic carbocycles. The molecule has 5 saturated carbocycles. The van der Waals surface area contributed by atoms with E-state index in [9.17, 15) is 19.8 Å². The summed E-state index contributed by atoms with van der Waals surface area (Å²) in [4.78, 5) is 33.1. The Kier molecular flexibility index (Phi) is 8.75. The summed E-state index contributed by atoms with van der Waals surface area (Å²) in [5, 5.41) is 25.5. The first kappa shape index (κ1) is 31.2. The first-order chi connectivity index (χ1) is 21.2. The van der Waals surface area contributed by atoms with Crippen LogP contribution in [0.15, 0.2) is 0 Å². The highest BCUT2D eigenvalue weighted by Crippen LogP contribution is 2.66. The number of aliphatic hydroxyl groups is 2. The maximum atomic E-state index is 13.7. The van der Waals surface area contributed by atoms with Crippen LogP contribution in [-0.2, 0) is 4.79 Å². The van der Waals surface area contributed by atoms with Crippen LogP contribution in [0.2, 0.25) is 0 Å². The highest BCUT2D eigenvalue weighted by atomic mass is 16.3. The second kappa shape index (κ2) is 12.3. The first-order valence-electron chi connectivity index (χ1n) is 18.6. The molecule has 2 saturated heterocycles. The topological polar surface area (TPSA) is 96.4 Å². The van der Waals surface area contributed by atoms with Crippen molar-refractivity contribution in [3.8, 4) is 0 Å². The smallest absolute Gasteiger partial charge is 0.318 e. The van der Waals surface area contributed by atoms with E-state index in [0.717, 1.165) is 58.2 Å². The van der Waals surface area contributed by atoms with Crippen molar-refractivity contribution >= 4 is 11.9 Å². The number of piperazine rings is 1. The van der Waals surface area contributed by atoms with Gasteiger partial charge in [0.2, 0.25) is 5.91 Å². The number of hydrogen-bond acceptors (Lipinski definition) is 5. The Morgan fingerprint density at radius 3 is 2.32 bits per heavy atom. The van der Waals surface area contributed by atoms with Gasteiger partial charge in [-0.1, -0.05) is 33.1 Å². The highest BCUT2D eigenvalue weighted by molar-refractivity contribution is 5.87. The summed E-state index contributed by atoms with van der Waals surface area (Å²) in [6, 6.07) is -0.236. The standard InChI is InChI=1S/C36H60N4O4/c1-35-15-14-28-26(27(35)12-13-32(35)42)11-10-25-21-31(41)30(22-36(25,28)2)38-17-19-39(20-18-38)33(43)29-9-6-16-40(29)34(44)37-23-24-7-4-3-5-8-24/h24-32,41-42H,3-23H2,1-2H3,(H,37,44)/t25-,26-,27-,28-,29?,30-,31-,32-,35-,36-/m0/s1. The number of carbonyl (C=O) groups is 2. The third-order valence-corrected chi connectivity index (χ3v) is 14.8. The molecule has 7 rings (SSSR count). The summed E-state index contributed by atoms with van der Waals surface area (Å²) < 4.78 is 0. The molecule has 8 heteroatoms. The van der Waals surface area contributed by atoms with Crippen molar-refractivity contribution in [1.82, 2.24) is 20.0 Å². The molecule has 2 aliphatic heterocycles. The summed E-state index contributed by atoms with van der Waals surface area (Å²) in [7, 11) is 0. The normalized spacial score (nSPS) is 45.0. The molecule has 0 radical (unpaired) electrons. The summed E-state index contributed by atoms with van der Waals surface area (Å²) >= 11 is 0. The van der Waals surface area contributed by atoms with E-state index in [1.165, 1.54) is 57.8 Å². The molecule has 7 aliphatic rings. The van der Waals surface area contributed by atoms with E-state index in [2.05, 4.69) is 24.1 Å². The number of carbonyl (C=O) groups excluding carboxylic acids is 2. The first-order valence-corrected chi connectivity index (χ1v) is 18.6. The molecule has 248 valence electrons. The number of aliphatic hydroxyl groups excluding tert-OH is 2. The number of nitrogens with one attached hydrogen (secondary N) is 1. The van der Waals surface area contributed by atoms with Crippen LogP contribution in [0.4, 0.5) is 4.79 Å². The van der Waals surface area contributed by atoms with E-state index in [-0.39, 0.29) is 47.1 Å². The number of nitrogens with zero attached hydrogens (tertiary/aromatic N) is 3. The van der Waals surface area contributed by atoms with Gasteiger partial charge in [0, 0.05) is 45.3 Å². The number of hydrogen-bond donors (Lipinski definition) is 3. The average Bonchev–Trinajstić information content (AvgIpc) is 3.65. The van der Waals surface area contributed by atoms with Gasteiger partial charge in [-0.15, -0.1) is 0 Å². The fourth-order valence-corrected chi connectivity index (χ4v) is 12.1. The summed E-state index contributed by atoms with van der Waals surface area (Å²) in [6.45, 7) is 9.29. The van der Waals surface area contributed by atoms with E-state index in [1.54, 1.807) is 4.90 Å². The van der Waals surface area contributed by atoms with E-state index < -0.39 is 0 Å². The van der Waals surface area contributed by atoms with E-state index in [0.29, 0.717) is 49.2 Å². The van der Waals surface area contributed by atoms with Crippen molar-refractivity contribution in [2.45, 2.75) is 134 Å². The highest BCUT2D eigenvalue weighted by Gasteiger charge is 2.61. The molecule has 0 aromatic carbocycles. The van der Waals surface area contributed by atoms with Gasteiger partial charge in [0.05, 0.1) is 12.2 Å². The molecular weight excluding hydrogens is 552 g/mol. The van der Waals surface area contributed by atoms with Crippen molar-refractivity contribution in [2.75, 3.05) is 39.3 Å². The lowest BCUT2D eigenvalue weighted by atomic mass is 9.44. The molecule has 3 N–H and O–H groups in total. The Labute approximate surface area is 265 Å². The maximum absolute atomic E-state index is 13.7. The van der Waals surface area contributed by atoms with Crippen molar-refractivity contribution in [3.63, 3.8) is 0 Å². The van der Waals surface area contributed by atoms with Gasteiger partial charge in [-0.25, -0.2) is 4.79 Å². The zero-order chi connectivity index (χ0) is 30.6. The average molecular weight is 613 g/mol. The van der Waals surface area contributed by atoms with Gasteiger partial charge in [-0.2, -0.15) is 0 Å². The molecule has 7 fully saturated rings. The van der Waals surface area contributed by atoms with Gasteiger partial charge in [0.1, 0.15) is 6.04 Å². The van der Waals surface area contributed by atoms with E-state index in [4.69, 9.17) is 0 Å². The van der Waals surface area contributed by atoms with Crippen molar-refractivity contribution < 1.29 is 19.8 Å². The summed E-state index contributed by atoms with van der Waals surface area (Å²) in [5.41, 5.74) is 0.343. The van der Waals surface area contributed by atoms with Crippen LogP contribution in [0.25, 0.3) is 0 Å². The van der Waals surface area contributed by atoms with Crippen LogP contribution in [-0.4, -0.2) is 100 Å². The molecule has 0 aromatic rings. The zero-order valence-corrected chi connectivity index (χ0v) is 27.6. The number of likely N-dealkylation sites (tertiary alicyclic amines) is 1. The molecule has 0 bridgehead atoms. The molecule has 10 atom stereocenters. The lowest BCUT2D eigenvalue weighted by Gasteiger charge is -2.62. The molecular formula is C36H60N4O4. The summed E-state index contributed by atoms with van der Waals surface area (Å²) in [6.07, 6.45) is 16.4. The fourth-order valence-electron chi connectivity index (χ4n) is 12.1. The zero-order valence-electron chi connectivity index (χ0n) is 27.6. The predicted octanol–water partition coefficient (Wildman–Crippen LogP) is 4.63. The number of amides is 3. The Hall–Kier alpha value is -1.38. The Morgan fingerprint density at radius 1 is 0.795 bits per heavy atom. The molecule has 0 spiro atoms. The predicted molar refractivity (Wildman–Crippen MR) is 171 cm³/mol. The Balaban J connectivity index is 0.953. The second-order valence-electron chi connectivity index (χ2n) is 16.8. The maximum Gasteiger partial charge on any atom is 0.318 e. The monoisotopic (exact) mass is 612 g/mol. The van der Waals surface area contributed by atoms with Gasteiger partial charge in [0.25, 0.3) is 0 Å². The third kappa shape index (κ3) is 5.40. The van der Waals surface area contributed by atoms with Crippen molar-refractivity contribution in [3.05, 3.63) is 0 Å². The minimum absolute atomic E-state index is 0.0564. The van der Waals surface area contributed by atoms with Crippen LogP contribution in [0.3, 0.4) is 0 Å². The van der Waals surface area contributed by atoms with E-state index in [1.807, 2.05) is 4.90 Å². The van der Waals surface area contributed by atoms with Crippen LogP contribution in [0.5, 0.6) is 0 Å². The minimum Gasteiger partial charge on any atom is -0.393 e. The van der Waals surface area contributed by atoms with Crippen LogP contribution >= 0.6 is 0 Å². The number of rotatable bonds is 4. The lowest BCUT2D eigenvalue weighted by Crippen LogP contribution is -2.63. The molecule has 0 aromatic heterocycles. The fraction of sp³-hybridized carbons (Fsp3) is 0.944. The second-order valence-corrected chi connectivity index (χ2v) is 16.8. The molecule has 8 nitrogen and oxygen atoms in total. The molecule has 2 heterocycles.